The number of halogens is 5. The molecule has 1 aromatic heterocycles. The summed E-state index contributed by atoms with van der Waals surface area (Å²) in [7, 11) is 0. The van der Waals surface area contributed by atoms with Crippen LogP contribution in [-0.4, -0.2) is 11.3 Å². The van der Waals surface area contributed by atoms with Gasteiger partial charge in [-0.15, -0.1) is 13.2 Å². The standard InChI is InChI=1S/C7H4F5NO/c8-6(9)4-1-2-13-3-5(4)14-7(10,11)12/h1-3,6H. The molecule has 1 rings (SSSR count). The second-order valence-electron chi connectivity index (χ2n) is 2.26. The fourth-order valence-electron chi connectivity index (χ4n) is 0.781. The highest BCUT2D eigenvalue weighted by molar-refractivity contribution is 5.30. The average molecular weight is 213 g/mol. The van der Waals surface area contributed by atoms with Crippen LogP contribution in [0, 0.1) is 0 Å². The van der Waals surface area contributed by atoms with Gasteiger partial charge in [0.1, 0.15) is 0 Å². The number of nitrogens with zero attached hydrogens (tertiary/aromatic N) is 1. The molecule has 0 aliphatic rings. The van der Waals surface area contributed by atoms with Crippen molar-refractivity contribution in [3.63, 3.8) is 0 Å². The van der Waals surface area contributed by atoms with E-state index in [2.05, 4.69) is 9.72 Å². The van der Waals surface area contributed by atoms with Crippen molar-refractivity contribution in [2.45, 2.75) is 12.8 Å². The van der Waals surface area contributed by atoms with E-state index in [1.54, 1.807) is 0 Å². The maximum Gasteiger partial charge on any atom is 0.573 e. The lowest BCUT2D eigenvalue weighted by Gasteiger charge is -2.11. The lowest BCUT2D eigenvalue weighted by atomic mass is 10.2. The fraction of sp³-hybridized carbons (Fsp3) is 0.286. The summed E-state index contributed by atoms with van der Waals surface area (Å²) in [5.41, 5.74) is -0.836. The number of rotatable bonds is 2. The van der Waals surface area contributed by atoms with Crippen LogP contribution in [0.2, 0.25) is 0 Å². The van der Waals surface area contributed by atoms with Crippen LogP contribution in [0.5, 0.6) is 5.75 Å². The molecule has 0 aliphatic heterocycles. The molecule has 0 saturated carbocycles. The highest BCUT2D eigenvalue weighted by Gasteiger charge is 2.33. The zero-order valence-corrected chi connectivity index (χ0v) is 6.55. The minimum absolute atomic E-state index is 0.592. The molecule has 0 amide bonds. The van der Waals surface area contributed by atoms with Gasteiger partial charge in [0.05, 0.1) is 11.8 Å². The van der Waals surface area contributed by atoms with Crippen LogP contribution in [-0.2, 0) is 0 Å². The molecular weight excluding hydrogens is 209 g/mol. The molecular formula is C7H4F5NO. The lowest BCUT2D eigenvalue weighted by Crippen LogP contribution is -2.18. The fourth-order valence-corrected chi connectivity index (χ4v) is 0.781. The Hall–Kier alpha value is -1.40. The van der Waals surface area contributed by atoms with Gasteiger partial charge in [-0.1, -0.05) is 0 Å². The highest BCUT2D eigenvalue weighted by Crippen LogP contribution is 2.31. The number of pyridine rings is 1. The van der Waals surface area contributed by atoms with Crippen molar-refractivity contribution in [1.82, 2.24) is 4.98 Å². The molecule has 1 aromatic rings. The number of alkyl halides is 5. The van der Waals surface area contributed by atoms with Crippen molar-refractivity contribution in [3.05, 3.63) is 24.0 Å². The predicted octanol–water partition coefficient (Wildman–Crippen LogP) is 2.92. The quantitative estimate of drug-likeness (QED) is 0.704. The van der Waals surface area contributed by atoms with Gasteiger partial charge in [-0.2, -0.15) is 0 Å². The third-order valence-corrected chi connectivity index (χ3v) is 1.28. The molecule has 0 spiro atoms. The molecule has 0 bridgehead atoms. The van der Waals surface area contributed by atoms with Crippen LogP contribution in [0.1, 0.15) is 12.0 Å². The van der Waals surface area contributed by atoms with E-state index in [0.717, 1.165) is 12.3 Å². The van der Waals surface area contributed by atoms with Crippen LogP contribution in [0.4, 0.5) is 22.0 Å². The highest BCUT2D eigenvalue weighted by atomic mass is 19.4. The summed E-state index contributed by atoms with van der Waals surface area (Å²) in [4.78, 5) is 3.25. The summed E-state index contributed by atoms with van der Waals surface area (Å²) in [5.74, 6) is -0.977. The molecule has 0 saturated heterocycles. The third-order valence-electron chi connectivity index (χ3n) is 1.28. The summed E-state index contributed by atoms with van der Waals surface area (Å²) >= 11 is 0. The molecule has 0 aliphatic carbocycles. The third kappa shape index (κ3) is 2.82. The van der Waals surface area contributed by atoms with Crippen molar-refractivity contribution in [2.24, 2.45) is 0 Å². The number of aromatic nitrogens is 1. The Bertz CT molecular complexity index is 311. The number of hydrogen-bond acceptors (Lipinski definition) is 2. The van der Waals surface area contributed by atoms with E-state index in [1.165, 1.54) is 0 Å². The minimum Gasteiger partial charge on any atom is -0.404 e. The van der Waals surface area contributed by atoms with Gasteiger partial charge in [-0.25, -0.2) is 8.78 Å². The maximum absolute atomic E-state index is 12.1. The molecule has 0 aromatic carbocycles. The molecule has 1 heterocycles. The molecule has 78 valence electrons. The van der Waals surface area contributed by atoms with Crippen molar-refractivity contribution in [1.29, 1.82) is 0 Å². The predicted molar refractivity (Wildman–Crippen MR) is 35.9 cm³/mol. The van der Waals surface area contributed by atoms with E-state index >= 15 is 0 Å². The Morgan fingerprint density at radius 1 is 1.29 bits per heavy atom. The summed E-state index contributed by atoms with van der Waals surface area (Å²) in [5, 5.41) is 0. The van der Waals surface area contributed by atoms with E-state index in [9.17, 15) is 22.0 Å². The van der Waals surface area contributed by atoms with Gasteiger partial charge in [0, 0.05) is 6.20 Å². The number of ether oxygens (including phenoxy) is 1. The molecule has 0 fully saturated rings. The average Bonchev–Trinajstić information content (AvgIpc) is 2.01. The van der Waals surface area contributed by atoms with Gasteiger partial charge in [-0.05, 0) is 6.07 Å². The Labute approximate surface area is 75.3 Å². The monoisotopic (exact) mass is 213 g/mol. The lowest BCUT2D eigenvalue weighted by molar-refractivity contribution is -0.275. The summed E-state index contributed by atoms with van der Waals surface area (Å²) in [6, 6.07) is 0.770. The molecule has 2 nitrogen and oxygen atoms in total. The second-order valence-corrected chi connectivity index (χ2v) is 2.26. The molecule has 0 atom stereocenters. The second kappa shape index (κ2) is 3.77. The Kier molecular flexibility index (Phi) is 2.87. The first-order valence-corrected chi connectivity index (χ1v) is 3.38. The normalized spacial score (nSPS) is 11.9. The zero-order chi connectivity index (χ0) is 10.8. The first-order valence-electron chi connectivity index (χ1n) is 3.38. The maximum atomic E-state index is 12.1. The first kappa shape index (κ1) is 10.7. The van der Waals surface area contributed by atoms with Crippen molar-refractivity contribution < 1.29 is 26.7 Å². The van der Waals surface area contributed by atoms with Crippen LogP contribution in [0.3, 0.4) is 0 Å². The van der Waals surface area contributed by atoms with E-state index < -0.39 is 24.1 Å². The van der Waals surface area contributed by atoms with Crippen LogP contribution < -0.4 is 4.74 Å². The summed E-state index contributed by atoms with van der Waals surface area (Å²) in [6.07, 6.45) is -6.47. The molecule has 14 heavy (non-hydrogen) atoms. The van der Waals surface area contributed by atoms with Crippen molar-refractivity contribution in [3.8, 4) is 5.75 Å². The molecule has 0 radical (unpaired) electrons. The Morgan fingerprint density at radius 2 is 1.93 bits per heavy atom. The van der Waals surface area contributed by atoms with Crippen LogP contribution in [0.15, 0.2) is 18.5 Å². The smallest absolute Gasteiger partial charge is 0.404 e. The number of hydrogen-bond donors (Lipinski definition) is 0. The molecule has 0 N–H and O–H groups in total. The molecule has 0 unspecified atom stereocenters. The van der Waals surface area contributed by atoms with Gasteiger partial charge in [0.2, 0.25) is 0 Å². The Morgan fingerprint density at radius 3 is 2.43 bits per heavy atom. The topological polar surface area (TPSA) is 22.1 Å². The van der Waals surface area contributed by atoms with Gasteiger partial charge in [0.15, 0.2) is 5.75 Å². The summed E-state index contributed by atoms with van der Waals surface area (Å²) < 4.78 is 62.7. The van der Waals surface area contributed by atoms with E-state index in [0.29, 0.717) is 6.20 Å². The van der Waals surface area contributed by atoms with Crippen molar-refractivity contribution in [2.75, 3.05) is 0 Å². The van der Waals surface area contributed by atoms with E-state index in [1.807, 2.05) is 0 Å². The largest absolute Gasteiger partial charge is 0.573 e. The van der Waals surface area contributed by atoms with Crippen molar-refractivity contribution >= 4 is 0 Å². The van der Waals surface area contributed by atoms with Gasteiger partial charge in [0.25, 0.3) is 6.43 Å². The van der Waals surface area contributed by atoms with Gasteiger partial charge < -0.3 is 4.74 Å². The van der Waals surface area contributed by atoms with E-state index in [-0.39, 0.29) is 0 Å². The SMILES string of the molecule is FC(F)c1ccncc1OC(F)(F)F. The van der Waals surface area contributed by atoms with Crippen LogP contribution >= 0.6 is 0 Å². The molecule has 7 heteroatoms. The minimum atomic E-state index is -4.99. The van der Waals surface area contributed by atoms with Crippen LogP contribution in [0.25, 0.3) is 0 Å². The zero-order valence-electron chi connectivity index (χ0n) is 6.55. The van der Waals surface area contributed by atoms with Gasteiger partial charge in [-0.3, -0.25) is 4.98 Å². The van der Waals surface area contributed by atoms with Gasteiger partial charge >= 0.3 is 6.36 Å². The summed E-state index contributed by atoms with van der Waals surface area (Å²) in [6.45, 7) is 0. The Balaban J connectivity index is 2.96. The first-order chi connectivity index (χ1) is 6.40. The van der Waals surface area contributed by atoms with E-state index in [4.69, 9.17) is 0 Å².